The van der Waals surface area contributed by atoms with Crippen molar-refractivity contribution in [2.24, 2.45) is 0 Å². The van der Waals surface area contributed by atoms with Gasteiger partial charge in [-0.25, -0.2) is 0 Å². The van der Waals surface area contributed by atoms with Crippen LogP contribution in [0.1, 0.15) is 12.1 Å². The van der Waals surface area contributed by atoms with Gasteiger partial charge in [-0.15, -0.1) is 0 Å². The van der Waals surface area contributed by atoms with Gasteiger partial charge in [-0.05, 0) is 12.1 Å². The minimum Gasteiger partial charge on any atom is -0.383 e. The first-order chi connectivity index (χ1) is 9.70. The molecule has 0 radical (unpaired) electrons. The van der Waals surface area contributed by atoms with Gasteiger partial charge >= 0.3 is 0 Å². The van der Waals surface area contributed by atoms with Gasteiger partial charge in [-0.2, -0.15) is 0 Å². The maximum absolute atomic E-state index is 12.4. The fourth-order valence-corrected chi connectivity index (χ4v) is 2.19. The third-order valence-electron chi connectivity index (χ3n) is 3.26. The Bertz CT molecular complexity index is 464. The second kappa shape index (κ2) is 7.00. The summed E-state index contributed by atoms with van der Waals surface area (Å²) in [5.41, 5.74) is 0.791. The van der Waals surface area contributed by atoms with Gasteiger partial charge in [-0.1, -0.05) is 6.07 Å². The lowest BCUT2D eigenvalue weighted by Crippen LogP contribution is -2.46. The number of carbonyl (C=O) groups is 2. The van der Waals surface area contributed by atoms with Crippen LogP contribution >= 0.6 is 0 Å². The second-order valence-corrected chi connectivity index (χ2v) is 4.71. The van der Waals surface area contributed by atoms with Gasteiger partial charge in [0, 0.05) is 44.9 Å². The first-order valence-electron chi connectivity index (χ1n) is 6.67. The standard InChI is InChI=1S/C14H19N3O3/c1-20-9-8-17-7-5-13(18)16-12(14(17)19)10-11-4-2-3-6-15-11/h2-4,6,12H,5,7-10H2,1H3,(H,16,18)/t12-/m1/s1. The highest BCUT2D eigenvalue weighted by molar-refractivity contribution is 5.90. The van der Waals surface area contributed by atoms with Crippen molar-refractivity contribution in [2.75, 3.05) is 26.8 Å². The number of carbonyl (C=O) groups excluding carboxylic acids is 2. The number of nitrogens with zero attached hydrogens (tertiary/aromatic N) is 2. The number of rotatable bonds is 5. The van der Waals surface area contributed by atoms with Crippen molar-refractivity contribution in [2.45, 2.75) is 18.9 Å². The Balaban J connectivity index is 2.08. The highest BCUT2D eigenvalue weighted by atomic mass is 16.5. The van der Waals surface area contributed by atoms with E-state index < -0.39 is 6.04 Å². The molecule has 2 rings (SSSR count). The number of nitrogens with one attached hydrogen (secondary N) is 1. The highest BCUT2D eigenvalue weighted by Gasteiger charge is 2.29. The molecule has 1 aromatic rings. The zero-order valence-electron chi connectivity index (χ0n) is 11.5. The average molecular weight is 277 g/mol. The van der Waals surface area contributed by atoms with Gasteiger partial charge in [0.2, 0.25) is 11.8 Å². The largest absolute Gasteiger partial charge is 0.383 e. The Morgan fingerprint density at radius 3 is 3.00 bits per heavy atom. The number of ether oxygens (including phenoxy) is 1. The first kappa shape index (κ1) is 14.5. The van der Waals surface area contributed by atoms with Crippen molar-refractivity contribution in [3.8, 4) is 0 Å². The Hall–Kier alpha value is -1.95. The summed E-state index contributed by atoms with van der Waals surface area (Å²) < 4.78 is 5.00. The van der Waals surface area contributed by atoms with E-state index in [0.29, 0.717) is 32.5 Å². The van der Waals surface area contributed by atoms with Crippen LogP contribution in [0.4, 0.5) is 0 Å². The topological polar surface area (TPSA) is 71.5 Å². The van der Waals surface area contributed by atoms with Crippen LogP contribution in [-0.2, 0) is 20.7 Å². The van der Waals surface area contributed by atoms with E-state index in [0.717, 1.165) is 5.69 Å². The maximum Gasteiger partial charge on any atom is 0.245 e. The van der Waals surface area contributed by atoms with Crippen molar-refractivity contribution in [1.82, 2.24) is 15.2 Å². The molecule has 1 N–H and O–H groups in total. The number of amides is 2. The number of hydrogen-bond acceptors (Lipinski definition) is 4. The smallest absolute Gasteiger partial charge is 0.245 e. The molecule has 2 heterocycles. The van der Waals surface area contributed by atoms with Gasteiger partial charge in [0.1, 0.15) is 6.04 Å². The summed E-state index contributed by atoms with van der Waals surface area (Å²) in [6.45, 7) is 1.41. The van der Waals surface area contributed by atoms with E-state index in [1.54, 1.807) is 18.2 Å². The van der Waals surface area contributed by atoms with Gasteiger partial charge in [0.25, 0.3) is 0 Å². The van der Waals surface area contributed by atoms with Crippen LogP contribution < -0.4 is 5.32 Å². The summed E-state index contributed by atoms with van der Waals surface area (Å²) in [7, 11) is 1.59. The zero-order chi connectivity index (χ0) is 14.4. The van der Waals surface area contributed by atoms with Crippen LogP contribution in [0.2, 0.25) is 0 Å². The lowest BCUT2D eigenvalue weighted by atomic mass is 10.1. The first-order valence-corrected chi connectivity index (χ1v) is 6.67. The summed E-state index contributed by atoms with van der Waals surface area (Å²) >= 11 is 0. The highest BCUT2D eigenvalue weighted by Crippen LogP contribution is 2.08. The molecule has 0 saturated carbocycles. The van der Waals surface area contributed by atoms with E-state index in [1.165, 1.54) is 0 Å². The van der Waals surface area contributed by atoms with Crippen molar-refractivity contribution in [1.29, 1.82) is 0 Å². The number of pyridine rings is 1. The van der Waals surface area contributed by atoms with Gasteiger partial charge < -0.3 is 15.0 Å². The Morgan fingerprint density at radius 2 is 2.30 bits per heavy atom. The molecule has 1 aromatic heterocycles. The van der Waals surface area contributed by atoms with Crippen LogP contribution in [0, 0.1) is 0 Å². The molecule has 1 atom stereocenters. The van der Waals surface area contributed by atoms with E-state index >= 15 is 0 Å². The molecule has 1 aliphatic rings. The lowest BCUT2D eigenvalue weighted by Gasteiger charge is -2.23. The molecule has 6 nitrogen and oxygen atoms in total. The van der Waals surface area contributed by atoms with E-state index in [1.807, 2.05) is 18.2 Å². The fourth-order valence-electron chi connectivity index (χ4n) is 2.19. The third kappa shape index (κ3) is 3.77. The molecule has 1 saturated heterocycles. The van der Waals surface area contributed by atoms with Crippen LogP contribution in [0.5, 0.6) is 0 Å². The molecule has 1 fully saturated rings. The van der Waals surface area contributed by atoms with Gasteiger partial charge in [0.05, 0.1) is 6.61 Å². The van der Waals surface area contributed by atoms with Crippen molar-refractivity contribution < 1.29 is 14.3 Å². The predicted octanol–water partition coefficient (Wildman–Crippen LogP) is -0.0124. The lowest BCUT2D eigenvalue weighted by molar-refractivity contribution is -0.134. The Morgan fingerprint density at radius 1 is 1.45 bits per heavy atom. The molecule has 1 aliphatic heterocycles. The molecular formula is C14H19N3O3. The minimum atomic E-state index is -0.545. The Kier molecular flexibility index (Phi) is 5.06. The summed E-state index contributed by atoms with van der Waals surface area (Å²) in [5.74, 6) is -0.169. The number of methoxy groups -OCH3 is 1. The fraction of sp³-hybridized carbons (Fsp3) is 0.500. The quantitative estimate of drug-likeness (QED) is 0.821. The van der Waals surface area contributed by atoms with Gasteiger partial charge in [0.15, 0.2) is 0 Å². The van der Waals surface area contributed by atoms with E-state index in [9.17, 15) is 9.59 Å². The zero-order valence-corrected chi connectivity index (χ0v) is 11.5. The molecular weight excluding hydrogens is 258 g/mol. The van der Waals surface area contributed by atoms with Crippen molar-refractivity contribution in [3.05, 3.63) is 30.1 Å². The van der Waals surface area contributed by atoms with E-state index in [-0.39, 0.29) is 11.8 Å². The molecule has 108 valence electrons. The van der Waals surface area contributed by atoms with Crippen LogP contribution in [0.3, 0.4) is 0 Å². The molecule has 0 bridgehead atoms. The monoisotopic (exact) mass is 277 g/mol. The molecule has 6 heteroatoms. The second-order valence-electron chi connectivity index (χ2n) is 4.71. The number of aromatic nitrogens is 1. The van der Waals surface area contributed by atoms with Crippen LogP contribution in [-0.4, -0.2) is 54.5 Å². The SMILES string of the molecule is COCCN1CCC(=O)N[C@H](Cc2ccccn2)C1=O. The Labute approximate surface area is 118 Å². The summed E-state index contributed by atoms with van der Waals surface area (Å²) in [6, 6.07) is 5.00. The molecule has 2 amide bonds. The molecule has 20 heavy (non-hydrogen) atoms. The number of hydrogen-bond donors (Lipinski definition) is 1. The van der Waals surface area contributed by atoms with Gasteiger partial charge in [-0.3, -0.25) is 14.6 Å². The third-order valence-corrected chi connectivity index (χ3v) is 3.26. The normalized spacial score (nSPS) is 19.6. The minimum absolute atomic E-state index is 0.0708. The van der Waals surface area contributed by atoms with E-state index in [4.69, 9.17) is 4.74 Å². The van der Waals surface area contributed by atoms with Crippen molar-refractivity contribution in [3.63, 3.8) is 0 Å². The summed E-state index contributed by atoms with van der Waals surface area (Å²) in [4.78, 5) is 30.0. The predicted molar refractivity (Wildman–Crippen MR) is 72.9 cm³/mol. The van der Waals surface area contributed by atoms with Crippen LogP contribution in [0.15, 0.2) is 24.4 Å². The summed E-state index contributed by atoms with van der Waals surface area (Å²) in [6.07, 6.45) is 2.42. The average Bonchev–Trinajstić information content (AvgIpc) is 2.59. The molecule has 0 aromatic carbocycles. The van der Waals surface area contributed by atoms with Crippen molar-refractivity contribution >= 4 is 11.8 Å². The maximum atomic E-state index is 12.4. The molecule has 0 aliphatic carbocycles. The summed E-state index contributed by atoms with van der Waals surface area (Å²) in [5, 5.41) is 2.77. The van der Waals surface area contributed by atoms with Crippen LogP contribution in [0.25, 0.3) is 0 Å². The molecule has 0 spiro atoms. The van der Waals surface area contributed by atoms with E-state index in [2.05, 4.69) is 10.3 Å². The molecule has 0 unspecified atom stereocenters.